The van der Waals surface area contributed by atoms with Crippen molar-refractivity contribution >= 4 is 5.97 Å². The molecule has 0 aromatic rings. The number of hydrogen-bond donors (Lipinski definition) is 1. The average Bonchev–Trinajstić information content (AvgIpc) is 2.43. The van der Waals surface area contributed by atoms with Gasteiger partial charge in [-0.05, 0) is 51.9 Å². The summed E-state index contributed by atoms with van der Waals surface area (Å²) in [5.41, 5.74) is 0. The van der Waals surface area contributed by atoms with E-state index in [4.69, 9.17) is 5.11 Å². The summed E-state index contributed by atoms with van der Waals surface area (Å²) in [6.45, 7) is 2.08. The van der Waals surface area contributed by atoms with E-state index in [1.807, 2.05) is 0 Å². The van der Waals surface area contributed by atoms with Gasteiger partial charge in [-0.1, -0.05) is 50.0 Å². The molecule has 20 heavy (non-hydrogen) atoms. The van der Waals surface area contributed by atoms with Crippen LogP contribution in [0, 0.1) is 0 Å². The fourth-order valence-electron chi connectivity index (χ4n) is 2.17. The number of unbranched alkanes of at least 4 members (excludes halogenated alkanes) is 9. The second-order valence-corrected chi connectivity index (χ2v) is 5.38. The lowest BCUT2D eigenvalue weighted by Gasteiger charge is -1.99. The molecule has 0 aliphatic rings. The van der Waals surface area contributed by atoms with E-state index >= 15 is 0 Å². The lowest BCUT2D eigenvalue weighted by molar-refractivity contribution is -0.137. The van der Waals surface area contributed by atoms with E-state index in [-0.39, 0.29) is 0 Å². The SMILES string of the molecule is C/C=C/CCCCCCCC/C=C/CCCCC(=O)O. The Labute approximate surface area is 125 Å². The molecule has 0 bridgehead atoms. The normalized spacial score (nSPS) is 11.7. The number of rotatable bonds is 14. The molecule has 2 nitrogen and oxygen atoms in total. The van der Waals surface area contributed by atoms with Gasteiger partial charge in [0.2, 0.25) is 0 Å². The molecule has 2 heteroatoms. The van der Waals surface area contributed by atoms with Crippen LogP contribution in [0.25, 0.3) is 0 Å². The van der Waals surface area contributed by atoms with Gasteiger partial charge in [0.25, 0.3) is 0 Å². The van der Waals surface area contributed by atoms with E-state index in [0.29, 0.717) is 6.42 Å². The van der Waals surface area contributed by atoms with Crippen LogP contribution in [-0.2, 0) is 4.79 Å². The summed E-state index contributed by atoms with van der Waals surface area (Å²) < 4.78 is 0. The Morgan fingerprint density at radius 2 is 1.20 bits per heavy atom. The Balaban J connectivity index is 3.10. The van der Waals surface area contributed by atoms with Crippen molar-refractivity contribution in [3.8, 4) is 0 Å². The maximum atomic E-state index is 10.3. The Hall–Kier alpha value is -1.05. The molecule has 0 aromatic heterocycles. The topological polar surface area (TPSA) is 37.3 Å². The van der Waals surface area contributed by atoms with Gasteiger partial charge < -0.3 is 5.11 Å². The van der Waals surface area contributed by atoms with Gasteiger partial charge in [-0.3, -0.25) is 4.79 Å². The van der Waals surface area contributed by atoms with Gasteiger partial charge in [0.1, 0.15) is 0 Å². The van der Waals surface area contributed by atoms with Crippen molar-refractivity contribution in [1.82, 2.24) is 0 Å². The highest BCUT2D eigenvalue weighted by Crippen LogP contribution is 2.09. The minimum Gasteiger partial charge on any atom is -0.481 e. The van der Waals surface area contributed by atoms with Gasteiger partial charge in [-0.15, -0.1) is 0 Å². The van der Waals surface area contributed by atoms with Crippen LogP contribution >= 0.6 is 0 Å². The molecule has 0 unspecified atom stereocenters. The number of aliphatic carboxylic acids is 1. The predicted molar refractivity (Wildman–Crippen MR) is 87.0 cm³/mol. The molecule has 0 rings (SSSR count). The fraction of sp³-hybridized carbons (Fsp3) is 0.722. The molecule has 0 aromatic carbocycles. The largest absolute Gasteiger partial charge is 0.481 e. The van der Waals surface area contributed by atoms with Crippen LogP contribution < -0.4 is 0 Å². The first-order chi connectivity index (χ1) is 9.77. The van der Waals surface area contributed by atoms with Crippen molar-refractivity contribution in [1.29, 1.82) is 0 Å². The van der Waals surface area contributed by atoms with Crippen molar-refractivity contribution in [3.63, 3.8) is 0 Å². The standard InChI is InChI=1S/C18H32O2/c1-2-3-4-5-6-7-8-9-10-11-12-13-14-15-16-17-18(19)20/h2-3,12-13H,4-11,14-17H2,1H3,(H,19,20)/b3-2+,13-12+. The van der Waals surface area contributed by atoms with Crippen molar-refractivity contribution in [2.45, 2.75) is 84.0 Å². The molecule has 0 aliphatic carbocycles. The summed E-state index contributed by atoms with van der Waals surface area (Å²) in [5, 5.41) is 8.50. The van der Waals surface area contributed by atoms with Crippen molar-refractivity contribution in [2.75, 3.05) is 0 Å². The highest BCUT2D eigenvalue weighted by molar-refractivity contribution is 5.66. The van der Waals surface area contributed by atoms with Crippen LogP contribution in [0.3, 0.4) is 0 Å². The third-order valence-corrected chi connectivity index (χ3v) is 3.41. The van der Waals surface area contributed by atoms with E-state index in [1.165, 1.54) is 51.4 Å². The lowest BCUT2D eigenvalue weighted by atomic mass is 10.1. The number of hydrogen-bond acceptors (Lipinski definition) is 1. The molecule has 116 valence electrons. The monoisotopic (exact) mass is 280 g/mol. The van der Waals surface area contributed by atoms with E-state index in [1.54, 1.807) is 0 Å². The fourth-order valence-corrected chi connectivity index (χ4v) is 2.17. The average molecular weight is 280 g/mol. The summed E-state index contributed by atoms with van der Waals surface area (Å²) in [6.07, 6.45) is 22.5. The molecular formula is C18H32O2. The molecule has 0 aliphatic heterocycles. The van der Waals surface area contributed by atoms with Crippen LogP contribution in [0.1, 0.15) is 84.0 Å². The molecule has 1 N–H and O–H groups in total. The lowest BCUT2D eigenvalue weighted by Crippen LogP contribution is -1.92. The zero-order valence-corrected chi connectivity index (χ0v) is 13.2. The molecule has 0 spiro atoms. The maximum absolute atomic E-state index is 10.3. The zero-order chi connectivity index (χ0) is 14.9. The Bertz CT molecular complexity index is 267. The second-order valence-electron chi connectivity index (χ2n) is 5.38. The molecule has 0 saturated heterocycles. The summed E-state index contributed by atoms with van der Waals surface area (Å²) >= 11 is 0. The smallest absolute Gasteiger partial charge is 0.303 e. The van der Waals surface area contributed by atoms with Gasteiger partial charge in [0.15, 0.2) is 0 Å². The quantitative estimate of drug-likeness (QED) is 0.318. The van der Waals surface area contributed by atoms with Gasteiger partial charge in [0, 0.05) is 6.42 Å². The Kier molecular flexibility index (Phi) is 15.2. The molecule has 0 saturated carbocycles. The van der Waals surface area contributed by atoms with Gasteiger partial charge >= 0.3 is 5.97 Å². The van der Waals surface area contributed by atoms with Crippen molar-refractivity contribution in [2.24, 2.45) is 0 Å². The number of carboxylic acid groups (broad SMARTS) is 1. The van der Waals surface area contributed by atoms with Gasteiger partial charge in [0.05, 0.1) is 0 Å². The van der Waals surface area contributed by atoms with Crippen LogP contribution in [0.2, 0.25) is 0 Å². The van der Waals surface area contributed by atoms with Crippen LogP contribution in [-0.4, -0.2) is 11.1 Å². The molecule has 0 radical (unpaired) electrons. The van der Waals surface area contributed by atoms with Crippen molar-refractivity contribution in [3.05, 3.63) is 24.3 Å². The maximum Gasteiger partial charge on any atom is 0.303 e. The zero-order valence-electron chi connectivity index (χ0n) is 13.2. The van der Waals surface area contributed by atoms with Crippen LogP contribution in [0.5, 0.6) is 0 Å². The summed E-state index contributed by atoms with van der Waals surface area (Å²) in [6, 6.07) is 0. The third-order valence-electron chi connectivity index (χ3n) is 3.41. The first kappa shape index (κ1) is 18.9. The van der Waals surface area contributed by atoms with E-state index in [9.17, 15) is 4.79 Å². The summed E-state index contributed by atoms with van der Waals surface area (Å²) in [7, 11) is 0. The highest BCUT2D eigenvalue weighted by Gasteiger charge is 1.94. The minimum atomic E-state index is -0.681. The predicted octanol–water partition coefficient (Wildman–Crippen LogP) is 5.88. The van der Waals surface area contributed by atoms with E-state index in [2.05, 4.69) is 31.2 Å². The Morgan fingerprint density at radius 3 is 1.70 bits per heavy atom. The van der Waals surface area contributed by atoms with Gasteiger partial charge in [-0.25, -0.2) is 0 Å². The first-order valence-electron chi connectivity index (χ1n) is 8.25. The molecule has 0 amide bonds. The van der Waals surface area contributed by atoms with Crippen LogP contribution in [0.15, 0.2) is 24.3 Å². The third kappa shape index (κ3) is 16.9. The molecule has 0 atom stereocenters. The summed E-state index contributed by atoms with van der Waals surface area (Å²) in [5.74, 6) is -0.681. The highest BCUT2D eigenvalue weighted by atomic mass is 16.4. The number of carbonyl (C=O) groups is 1. The number of carboxylic acids is 1. The van der Waals surface area contributed by atoms with Crippen molar-refractivity contribution < 1.29 is 9.90 Å². The summed E-state index contributed by atoms with van der Waals surface area (Å²) in [4.78, 5) is 10.3. The van der Waals surface area contributed by atoms with Crippen LogP contribution in [0.4, 0.5) is 0 Å². The Morgan fingerprint density at radius 1 is 0.750 bits per heavy atom. The van der Waals surface area contributed by atoms with E-state index in [0.717, 1.165) is 19.3 Å². The first-order valence-corrected chi connectivity index (χ1v) is 8.25. The molecular weight excluding hydrogens is 248 g/mol. The minimum absolute atomic E-state index is 0.307. The second kappa shape index (κ2) is 16.0. The molecule has 0 heterocycles. The van der Waals surface area contributed by atoms with E-state index < -0.39 is 5.97 Å². The number of allylic oxidation sites excluding steroid dienone is 4. The van der Waals surface area contributed by atoms with Gasteiger partial charge in [-0.2, -0.15) is 0 Å². The molecule has 0 fully saturated rings.